The Hall–Kier alpha value is -2.29. The van der Waals surface area contributed by atoms with E-state index in [1.165, 1.54) is 5.56 Å². The number of fused-ring (bicyclic) bond motifs is 1. The van der Waals surface area contributed by atoms with Crippen molar-refractivity contribution < 1.29 is 5.11 Å². The molecule has 1 N–H and O–H groups in total. The van der Waals surface area contributed by atoms with E-state index in [1.54, 1.807) is 23.0 Å². The van der Waals surface area contributed by atoms with Gasteiger partial charge in [-0.15, -0.1) is 0 Å². The highest BCUT2D eigenvalue weighted by Crippen LogP contribution is 2.28. The van der Waals surface area contributed by atoms with Gasteiger partial charge in [0.05, 0.1) is 17.9 Å². The second kappa shape index (κ2) is 3.63. The van der Waals surface area contributed by atoms with Gasteiger partial charge in [0.15, 0.2) is 0 Å². The van der Waals surface area contributed by atoms with Crippen molar-refractivity contribution in [2.75, 3.05) is 0 Å². The molecule has 1 aromatic carbocycles. The van der Waals surface area contributed by atoms with Crippen LogP contribution >= 0.6 is 0 Å². The summed E-state index contributed by atoms with van der Waals surface area (Å²) in [6.07, 6.45) is 3.33. The minimum atomic E-state index is 0.219. The molecule has 0 aliphatic rings. The van der Waals surface area contributed by atoms with Gasteiger partial charge in [-0.3, -0.25) is 0 Å². The summed E-state index contributed by atoms with van der Waals surface area (Å²) in [5, 5.41) is 13.8. The highest BCUT2D eigenvalue weighted by Gasteiger charge is 2.06. The number of hydrogen-bond acceptors (Lipinski definition) is 2. The molecule has 0 fully saturated rings. The smallest absolute Gasteiger partial charge is 0.134 e. The van der Waals surface area contributed by atoms with E-state index in [1.807, 2.05) is 6.07 Å². The maximum absolute atomic E-state index is 9.68. The van der Waals surface area contributed by atoms with Crippen LogP contribution in [0.25, 0.3) is 16.6 Å². The molecule has 84 valence electrons. The van der Waals surface area contributed by atoms with Crippen LogP contribution < -0.4 is 0 Å². The molecule has 17 heavy (non-hydrogen) atoms. The topological polar surface area (TPSA) is 37.5 Å². The summed E-state index contributed by atoms with van der Waals surface area (Å²) >= 11 is 0. The van der Waals surface area contributed by atoms with Crippen LogP contribution in [0, 0.1) is 6.92 Å². The lowest BCUT2D eigenvalue weighted by Gasteiger charge is -2.06. The highest BCUT2D eigenvalue weighted by atomic mass is 16.3. The normalized spacial score (nSPS) is 10.9. The van der Waals surface area contributed by atoms with E-state index in [0.29, 0.717) is 0 Å². The first-order chi connectivity index (χ1) is 8.24. The summed E-state index contributed by atoms with van der Waals surface area (Å²) in [7, 11) is 0. The van der Waals surface area contributed by atoms with Crippen molar-refractivity contribution in [1.29, 1.82) is 0 Å². The number of aryl methyl sites for hydroxylation is 1. The number of rotatable bonds is 1. The molecule has 0 bridgehead atoms. The second-order valence-electron chi connectivity index (χ2n) is 4.14. The molecule has 2 aromatic heterocycles. The first-order valence-corrected chi connectivity index (χ1v) is 5.47. The van der Waals surface area contributed by atoms with E-state index in [2.05, 4.69) is 36.3 Å². The van der Waals surface area contributed by atoms with Crippen molar-refractivity contribution in [3.63, 3.8) is 0 Å². The lowest BCUT2D eigenvalue weighted by atomic mass is 10.0. The lowest BCUT2D eigenvalue weighted by Crippen LogP contribution is -1.89. The number of aromatic nitrogens is 2. The van der Waals surface area contributed by atoms with Crippen molar-refractivity contribution in [2.24, 2.45) is 0 Å². The fraction of sp³-hybridized carbons (Fsp3) is 0.0714. The van der Waals surface area contributed by atoms with E-state index in [4.69, 9.17) is 0 Å². The van der Waals surface area contributed by atoms with Gasteiger partial charge in [-0.1, -0.05) is 29.8 Å². The quantitative estimate of drug-likeness (QED) is 0.690. The summed E-state index contributed by atoms with van der Waals surface area (Å²) < 4.78 is 1.69. The van der Waals surface area contributed by atoms with Crippen molar-refractivity contribution in [1.82, 2.24) is 9.61 Å². The van der Waals surface area contributed by atoms with E-state index >= 15 is 0 Å². The number of nitrogens with zero attached hydrogens (tertiary/aromatic N) is 2. The Morgan fingerprint density at radius 2 is 1.88 bits per heavy atom. The molecule has 0 saturated carbocycles. The Morgan fingerprint density at radius 1 is 1.12 bits per heavy atom. The summed E-state index contributed by atoms with van der Waals surface area (Å²) in [6, 6.07) is 11.9. The van der Waals surface area contributed by atoms with Crippen LogP contribution in [0.4, 0.5) is 0 Å². The number of pyridine rings is 1. The molecule has 0 atom stereocenters. The summed E-state index contributed by atoms with van der Waals surface area (Å²) in [6.45, 7) is 2.06. The fourth-order valence-corrected chi connectivity index (χ4v) is 1.98. The summed E-state index contributed by atoms with van der Waals surface area (Å²) in [5.74, 6) is 0.219. The third-order valence-electron chi connectivity index (χ3n) is 2.86. The van der Waals surface area contributed by atoms with Crippen molar-refractivity contribution in [3.8, 4) is 16.9 Å². The van der Waals surface area contributed by atoms with Gasteiger partial charge in [0.25, 0.3) is 0 Å². The minimum Gasteiger partial charge on any atom is -0.506 e. The van der Waals surface area contributed by atoms with Gasteiger partial charge >= 0.3 is 0 Å². The SMILES string of the molecule is Cc1ccc(-c2cc(O)cn3nccc23)cc1. The Morgan fingerprint density at radius 3 is 2.65 bits per heavy atom. The third-order valence-corrected chi connectivity index (χ3v) is 2.86. The van der Waals surface area contributed by atoms with Gasteiger partial charge in [-0.25, -0.2) is 4.52 Å². The zero-order valence-electron chi connectivity index (χ0n) is 9.46. The van der Waals surface area contributed by atoms with Gasteiger partial charge in [0.1, 0.15) is 5.75 Å². The number of benzene rings is 1. The van der Waals surface area contributed by atoms with Crippen LogP contribution in [0.2, 0.25) is 0 Å². The van der Waals surface area contributed by atoms with Crippen molar-refractivity contribution in [3.05, 3.63) is 54.4 Å². The van der Waals surface area contributed by atoms with E-state index in [9.17, 15) is 5.11 Å². The van der Waals surface area contributed by atoms with Crippen LogP contribution in [0.5, 0.6) is 5.75 Å². The van der Waals surface area contributed by atoms with Gasteiger partial charge < -0.3 is 5.11 Å². The first kappa shape index (κ1) is 9.90. The molecule has 0 spiro atoms. The van der Waals surface area contributed by atoms with Crippen LogP contribution in [0.1, 0.15) is 5.56 Å². The number of hydrogen-bond donors (Lipinski definition) is 1. The summed E-state index contributed by atoms with van der Waals surface area (Å²) in [5.41, 5.74) is 4.28. The molecule has 3 rings (SSSR count). The van der Waals surface area contributed by atoms with Crippen LogP contribution in [-0.4, -0.2) is 14.7 Å². The highest BCUT2D eigenvalue weighted by molar-refractivity contribution is 5.81. The predicted molar refractivity (Wildman–Crippen MR) is 67.0 cm³/mol. The number of aromatic hydroxyl groups is 1. The zero-order valence-corrected chi connectivity index (χ0v) is 9.46. The fourth-order valence-electron chi connectivity index (χ4n) is 1.98. The van der Waals surface area contributed by atoms with Crippen LogP contribution in [0.15, 0.2) is 48.8 Å². The monoisotopic (exact) mass is 224 g/mol. The molecule has 3 nitrogen and oxygen atoms in total. The molecule has 0 amide bonds. The second-order valence-corrected chi connectivity index (χ2v) is 4.14. The van der Waals surface area contributed by atoms with E-state index in [-0.39, 0.29) is 5.75 Å². The van der Waals surface area contributed by atoms with Crippen molar-refractivity contribution in [2.45, 2.75) is 6.92 Å². The lowest BCUT2D eigenvalue weighted by molar-refractivity contribution is 0.471. The Balaban J connectivity index is 2.28. The van der Waals surface area contributed by atoms with Gasteiger partial charge in [0.2, 0.25) is 0 Å². The maximum Gasteiger partial charge on any atom is 0.134 e. The Kier molecular flexibility index (Phi) is 2.11. The standard InChI is InChI=1S/C14H12N2O/c1-10-2-4-11(5-3-10)13-8-12(17)9-16-14(13)6-7-15-16/h2-9,17H,1H3. The zero-order chi connectivity index (χ0) is 11.8. The molecular weight excluding hydrogens is 212 g/mol. The van der Waals surface area contributed by atoms with Gasteiger partial charge in [-0.05, 0) is 24.6 Å². The molecular formula is C14H12N2O. The van der Waals surface area contributed by atoms with Crippen molar-refractivity contribution >= 4 is 5.52 Å². The molecule has 0 saturated heterocycles. The van der Waals surface area contributed by atoms with Crippen LogP contribution in [-0.2, 0) is 0 Å². The molecule has 2 heterocycles. The molecule has 0 unspecified atom stereocenters. The average molecular weight is 224 g/mol. The van der Waals surface area contributed by atoms with Crippen LogP contribution in [0.3, 0.4) is 0 Å². The van der Waals surface area contributed by atoms with Gasteiger partial charge in [-0.2, -0.15) is 5.10 Å². The third kappa shape index (κ3) is 1.65. The first-order valence-electron chi connectivity index (χ1n) is 5.47. The Bertz CT molecular complexity index is 668. The largest absolute Gasteiger partial charge is 0.506 e. The molecule has 3 heteroatoms. The maximum atomic E-state index is 9.68. The molecule has 0 aliphatic heterocycles. The Labute approximate surface area is 99.0 Å². The summed E-state index contributed by atoms with van der Waals surface area (Å²) in [4.78, 5) is 0. The van der Waals surface area contributed by atoms with Gasteiger partial charge in [0, 0.05) is 5.56 Å². The minimum absolute atomic E-state index is 0.219. The predicted octanol–water partition coefficient (Wildman–Crippen LogP) is 3.02. The molecule has 3 aromatic rings. The molecule has 0 aliphatic carbocycles. The average Bonchev–Trinajstić information content (AvgIpc) is 2.77. The van der Waals surface area contributed by atoms with E-state index < -0.39 is 0 Å². The van der Waals surface area contributed by atoms with E-state index in [0.717, 1.165) is 16.6 Å². The molecule has 0 radical (unpaired) electrons.